The van der Waals surface area contributed by atoms with E-state index < -0.39 is 6.10 Å². The van der Waals surface area contributed by atoms with Gasteiger partial charge in [0.05, 0.1) is 5.69 Å². The van der Waals surface area contributed by atoms with Gasteiger partial charge in [-0.2, -0.15) is 5.10 Å². The molecule has 0 aliphatic heterocycles. The van der Waals surface area contributed by atoms with E-state index in [0.717, 1.165) is 24.4 Å². The number of aliphatic hydroxyl groups excluding tert-OH is 1. The Morgan fingerprint density at radius 3 is 2.71 bits per heavy atom. The molecule has 1 aromatic heterocycles. The molecule has 0 spiro atoms. The number of aromatic nitrogens is 2. The van der Waals surface area contributed by atoms with Crippen LogP contribution in [0.4, 0.5) is 0 Å². The van der Waals surface area contributed by atoms with Crippen molar-refractivity contribution in [2.24, 2.45) is 7.05 Å². The van der Waals surface area contributed by atoms with Crippen LogP contribution in [0.25, 0.3) is 0 Å². The van der Waals surface area contributed by atoms with Gasteiger partial charge in [0, 0.05) is 32.8 Å². The summed E-state index contributed by atoms with van der Waals surface area (Å²) < 4.78 is 7.33. The summed E-state index contributed by atoms with van der Waals surface area (Å²) in [6.45, 7) is 3.63. The predicted molar refractivity (Wildman–Crippen MR) is 82.5 cm³/mol. The van der Waals surface area contributed by atoms with E-state index in [0.29, 0.717) is 13.2 Å². The quantitative estimate of drug-likeness (QED) is 0.719. The van der Waals surface area contributed by atoms with E-state index in [1.165, 1.54) is 5.56 Å². The molecule has 2 rings (SSSR count). The van der Waals surface area contributed by atoms with Crippen LogP contribution < -0.4 is 10.1 Å². The van der Waals surface area contributed by atoms with E-state index in [4.69, 9.17) is 4.74 Å². The molecular formula is C16H23N3O2. The van der Waals surface area contributed by atoms with Crippen LogP contribution in [0.3, 0.4) is 0 Å². The van der Waals surface area contributed by atoms with Crippen LogP contribution in [-0.4, -0.2) is 40.7 Å². The van der Waals surface area contributed by atoms with Gasteiger partial charge >= 0.3 is 0 Å². The van der Waals surface area contributed by atoms with Crippen molar-refractivity contribution in [1.29, 1.82) is 0 Å². The van der Waals surface area contributed by atoms with Gasteiger partial charge in [-0.3, -0.25) is 4.68 Å². The van der Waals surface area contributed by atoms with Crippen molar-refractivity contribution in [3.8, 4) is 5.75 Å². The molecule has 0 bridgehead atoms. The van der Waals surface area contributed by atoms with E-state index in [1.54, 1.807) is 4.68 Å². The first-order chi connectivity index (χ1) is 10.1. The summed E-state index contributed by atoms with van der Waals surface area (Å²) in [5, 5.41) is 17.4. The number of ether oxygens (including phenoxy) is 1. The van der Waals surface area contributed by atoms with Crippen molar-refractivity contribution in [2.75, 3.05) is 19.7 Å². The zero-order valence-electron chi connectivity index (χ0n) is 12.6. The number of rotatable bonds is 8. The van der Waals surface area contributed by atoms with Crippen LogP contribution in [0.1, 0.15) is 11.3 Å². The van der Waals surface area contributed by atoms with Gasteiger partial charge in [0.15, 0.2) is 0 Å². The van der Waals surface area contributed by atoms with Gasteiger partial charge in [-0.1, -0.05) is 17.7 Å². The molecule has 0 radical (unpaired) electrons. The molecule has 2 N–H and O–H groups in total. The lowest BCUT2D eigenvalue weighted by molar-refractivity contribution is 0.106. The highest BCUT2D eigenvalue weighted by Gasteiger charge is 2.05. The summed E-state index contributed by atoms with van der Waals surface area (Å²) in [5.74, 6) is 0.785. The first-order valence-corrected chi connectivity index (χ1v) is 7.20. The number of nitrogens with one attached hydrogen (secondary N) is 1. The third-order valence-electron chi connectivity index (χ3n) is 3.17. The highest BCUT2D eigenvalue weighted by Crippen LogP contribution is 2.11. The molecule has 0 aliphatic rings. The molecule has 1 aromatic carbocycles. The Morgan fingerprint density at radius 2 is 2.05 bits per heavy atom. The lowest BCUT2D eigenvalue weighted by atomic mass is 10.2. The van der Waals surface area contributed by atoms with Crippen LogP contribution in [0.15, 0.2) is 36.5 Å². The van der Waals surface area contributed by atoms with E-state index >= 15 is 0 Å². The third-order valence-corrected chi connectivity index (χ3v) is 3.17. The second-order valence-electron chi connectivity index (χ2n) is 5.21. The highest BCUT2D eigenvalue weighted by atomic mass is 16.5. The van der Waals surface area contributed by atoms with Crippen LogP contribution in [0.5, 0.6) is 5.75 Å². The Bertz CT molecular complexity index is 537. The molecule has 0 aliphatic carbocycles. The average Bonchev–Trinajstić information content (AvgIpc) is 2.89. The normalized spacial score (nSPS) is 12.3. The van der Waals surface area contributed by atoms with Crippen molar-refractivity contribution >= 4 is 0 Å². The molecule has 5 heteroatoms. The fourth-order valence-electron chi connectivity index (χ4n) is 1.97. The number of nitrogens with zero attached hydrogens (tertiary/aromatic N) is 2. The summed E-state index contributed by atoms with van der Waals surface area (Å²) in [7, 11) is 1.91. The minimum absolute atomic E-state index is 0.291. The number of hydrogen-bond donors (Lipinski definition) is 2. The van der Waals surface area contributed by atoms with Crippen molar-refractivity contribution in [2.45, 2.75) is 19.4 Å². The van der Waals surface area contributed by atoms with Crippen LogP contribution in [0.2, 0.25) is 0 Å². The Hall–Kier alpha value is -1.85. The Morgan fingerprint density at radius 1 is 1.29 bits per heavy atom. The molecule has 1 atom stereocenters. The average molecular weight is 289 g/mol. The van der Waals surface area contributed by atoms with Crippen molar-refractivity contribution in [3.63, 3.8) is 0 Å². The summed E-state index contributed by atoms with van der Waals surface area (Å²) >= 11 is 0. The molecule has 1 unspecified atom stereocenters. The monoisotopic (exact) mass is 289 g/mol. The standard InChI is InChI=1S/C16H23N3O2/c1-13-3-5-16(6-4-13)21-12-15(20)11-17-9-7-14-8-10-19(2)18-14/h3-6,8,10,15,17,20H,7,9,11-12H2,1-2H3. The van der Waals surface area contributed by atoms with E-state index in [9.17, 15) is 5.11 Å². The lowest BCUT2D eigenvalue weighted by Gasteiger charge is -2.13. The fraction of sp³-hybridized carbons (Fsp3) is 0.438. The molecular weight excluding hydrogens is 266 g/mol. The molecule has 2 aromatic rings. The number of benzene rings is 1. The molecule has 0 fully saturated rings. The van der Waals surface area contributed by atoms with Gasteiger partial charge in [-0.25, -0.2) is 0 Å². The largest absolute Gasteiger partial charge is 0.491 e. The Kier molecular flexibility index (Phi) is 5.78. The van der Waals surface area contributed by atoms with Crippen LogP contribution >= 0.6 is 0 Å². The van der Waals surface area contributed by atoms with Gasteiger partial charge in [0.25, 0.3) is 0 Å². The van der Waals surface area contributed by atoms with Gasteiger partial charge in [0.1, 0.15) is 18.5 Å². The van der Waals surface area contributed by atoms with E-state index in [-0.39, 0.29) is 0 Å². The zero-order valence-corrected chi connectivity index (χ0v) is 12.6. The maximum absolute atomic E-state index is 9.86. The number of hydrogen-bond acceptors (Lipinski definition) is 4. The SMILES string of the molecule is Cc1ccc(OCC(O)CNCCc2ccn(C)n2)cc1. The maximum Gasteiger partial charge on any atom is 0.119 e. The number of aryl methyl sites for hydroxylation is 2. The predicted octanol–water partition coefficient (Wildman–Crippen LogP) is 1.30. The van der Waals surface area contributed by atoms with Gasteiger partial charge in [0.2, 0.25) is 0 Å². The maximum atomic E-state index is 9.86. The molecule has 5 nitrogen and oxygen atoms in total. The highest BCUT2D eigenvalue weighted by molar-refractivity contribution is 5.26. The van der Waals surface area contributed by atoms with Crippen LogP contribution in [0, 0.1) is 6.92 Å². The summed E-state index contributed by atoms with van der Waals surface area (Å²) in [4.78, 5) is 0. The molecule has 0 saturated heterocycles. The molecule has 0 saturated carbocycles. The Balaban J connectivity index is 1.59. The second-order valence-corrected chi connectivity index (χ2v) is 5.21. The molecule has 0 amide bonds. The van der Waals surface area contributed by atoms with E-state index in [2.05, 4.69) is 10.4 Å². The molecule has 1 heterocycles. The first kappa shape index (κ1) is 15.5. The van der Waals surface area contributed by atoms with E-state index in [1.807, 2.05) is 50.5 Å². The summed E-state index contributed by atoms with van der Waals surface area (Å²) in [5.41, 5.74) is 2.24. The summed E-state index contributed by atoms with van der Waals surface area (Å²) in [6.07, 6.45) is 2.27. The van der Waals surface area contributed by atoms with Crippen molar-refractivity contribution in [3.05, 3.63) is 47.8 Å². The Labute approximate surface area is 125 Å². The second kappa shape index (κ2) is 7.81. The fourth-order valence-corrected chi connectivity index (χ4v) is 1.97. The lowest BCUT2D eigenvalue weighted by Crippen LogP contribution is -2.32. The summed E-state index contributed by atoms with van der Waals surface area (Å²) in [6, 6.07) is 9.81. The number of aliphatic hydroxyl groups is 1. The minimum atomic E-state index is -0.518. The molecule has 21 heavy (non-hydrogen) atoms. The van der Waals surface area contributed by atoms with Gasteiger partial charge < -0.3 is 15.2 Å². The first-order valence-electron chi connectivity index (χ1n) is 7.20. The van der Waals surface area contributed by atoms with Gasteiger partial charge in [-0.15, -0.1) is 0 Å². The minimum Gasteiger partial charge on any atom is -0.491 e. The van der Waals surface area contributed by atoms with Crippen molar-refractivity contribution in [1.82, 2.24) is 15.1 Å². The van der Waals surface area contributed by atoms with Gasteiger partial charge in [-0.05, 0) is 25.1 Å². The smallest absolute Gasteiger partial charge is 0.119 e. The third kappa shape index (κ3) is 5.57. The van der Waals surface area contributed by atoms with Crippen molar-refractivity contribution < 1.29 is 9.84 Å². The van der Waals surface area contributed by atoms with Crippen LogP contribution in [-0.2, 0) is 13.5 Å². The zero-order chi connectivity index (χ0) is 15.1. The molecule has 114 valence electrons. The topological polar surface area (TPSA) is 59.3 Å².